The van der Waals surface area contributed by atoms with E-state index in [1.54, 1.807) is 0 Å². The first kappa shape index (κ1) is 7.87. The molecule has 0 bridgehead atoms. The number of nitrogens with one attached hydrogen (secondary N) is 1. The van der Waals surface area contributed by atoms with Gasteiger partial charge in [-0.3, -0.25) is 0 Å². The Morgan fingerprint density at radius 2 is 2.33 bits per heavy atom. The maximum absolute atomic E-state index is 5.16. The fourth-order valence-corrected chi connectivity index (χ4v) is 1.84. The van der Waals surface area contributed by atoms with Crippen LogP contribution in [-0.4, -0.2) is 6.54 Å². The molecular formula is C10H15NO. The van der Waals surface area contributed by atoms with Gasteiger partial charge < -0.3 is 9.73 Å². The zero-order valence-electron chi connectivity index (χ0n) is 7.47. The molecule has 0 radical (unpaired) electrons. The van der Waals surface area contributed by atoms with Crippen LogP contribution < -0.4 is 5.32 Å². The molecule has 2 heteroatoms. The van der Waals surface area contributed by atoms with E-state index in [2.05, 4.69) is 12.2 Å². The normalized spacial score (nSPS) is 24.2. The van der Waals surface area contributed by atoms with Gasteiger partial charge in [0.2, 0.25) is 0 Å². The fraction of sp³-hybridized carbons (Fsp3) is 0.600. The Hall–Kier alpha value is -0.760. The number of piperidine rings is 1. The fourth-order valence-electron chi connectivity index (χ4n) is 1.84. The van der Waals surface area contributed by atoms with E-state index in [1.165, 1.54) is 30.4 Å². The van der Waals surface area contributed by atoms with Crippen molar-refractivity contribution in [3.63, 3.8) is 0 Å². The lowest BCUT2D eigenvalue weighted by atomic mass is 9.97. The minimum absolute atomic E-state index is 0.539. The Morgan fingerprint density at radius 3 is 2.92 bits per heavy atom. The second-order valence-corrected chi connectivity index (χ2v) is 3.51. The Kier molecular flexibility index (Phi) is 2.17. The minimum atomic E-state index is 0.539. The van der Waals surface area contributed by atoms with E-state index < -0.39 is 0 Å². The topological polar surface area (TPSA) is 25.2 Å². The molecule has 66 valence electrons. The van der Waals surface area contributed by atoms with Gasteiger partial charge in [-0.05, 0) is 31.9 Å². The van der Waals surface area contributed by atoms with Crippen molar-refractivity contribution in [2.75, 3.05) is 6.54 Å². The lowest BCUT2D eigenvalue weighted by molar-refractivity contribution is 0.408. The quantitative estimate of drug-likeness (QED) is 0.691. The maximum atomic E-state index is 5.16. The summed E-state index contributed by atoms with van der Waals surface area (Å²) in [6.07, 6.45) is 7.60. The SMILES string of the molecule is Cc1cocc1C1CCCCN1. The Bertz CT molecular complexity index is 248. The van der Waals surface area contributed by atoms with Gasteiger partial charge in [-0.1, -0.05) is 6.42 Å². The molecule has 0 saturated carbocycles. The van der Waals surface area contributed by atoms with Crippen LogP contribution in [0.3, 0.4) is 0 Å². The van der Waals surface area contributed by atoms with E-state index in [0.717, 1.165) is 6.54 Å². The van der Waals surface area contributed by atoms with Gasteiger partial charge in [-0.15, -0.1) is 0 Å². The molecule has 1 N–H and O–H groups in total. The molecule has 1 fully saturated rings. The van der Waals surface area contributed by atoms with Crippen molar-refractivity contribution in [1.29, 1.82) is 0 Å². The maximum Gasteiger partial charge on any atom is 0.0953 e. The van der Waals surface area contributed by atoms with Gasteiger partial charge in [0.25, 0.3) is 0 Å². The number of hydrogen-bond donors (Lipinski definition) is 1. The first-order valence-corrected chi connectivity index (χ1v) is 4.64. The summed E-state index contributed by atoms with van der Waals surface area (Å²) in [7, 11) is 0. The molecule has 0 aliphatic carbocycles. The van der Waals surface area contributed by atoms with Crippen molar-refractivity contribution < 1.29 is 4.42 Å². The average Bonchev–Trinajstić information content (AvgIpc) is 2.53. The number of hydrogen-bond acceptors (Lipinski definition) is 2. The van der Waals surface area contributed by atoms with E-state index in [-0.39, 0.29) is 0 Å². The summed E-state index contributed by atoms with van der Waals surface area (Å²) in [5, 5.41) is 3.50. The summed E-state index contributed by atoms with van der Waals surface area (Å²) in [6, 6.07) is 0.539. The highest BCUT2D eigenvalue weighted by Gasteiger charge is 2.17. The van der Waals surface area contributed by atoms with Gasteiger partial charge in [0.1, 0.15) is 0 Å². The summed E-state index contributed by atoms with van der Waals surface area (Å²) in [4.78, 5) is 0. The summed E-state index contributed by atoms with van der Waals surface area (Å²) in [5.41, 5.74) is 2.61. The lowest BCUT2D eigenvalue weighted by Crippen LogP contribution is -2.26. The predicted molar refractivity (Wildman–Crippen MR) is 48.0 cm³/mol. The van der Waals surface area contributed by atoms with Crippen LogP contribution in [-0.2, 0) is 0 Å². The van der Waals surface area contributed by atoms with Crippen molar-refractivity contribution in [3.05, 3.63) is 23.7 Å². The number of rotatable bonds is 1. The summed E-state index contributed by atoms with van der Waals surface area (Å²) in [6.45, 7) is 3.25. The van der Waals surface area contributed by atoms with Crippen LogP contribution in [0.15, 0.2) is 16.9 Å². The van der Waals surface area contributed by atoms with Crippen LogP contribution >= 0.6 is 0 Å². The second kappa shape index (κ2) is 3.31. The third kappa shape index (κ3) is 1.39. The minimum Gasteiger partial charge on any atom is -0.472 e. The molecule has 1 atom stereocenters. The molecule has 1 saturated heterocycles. The molecule has 0 amide bonds. The molecule has 1 unspecified atom stereocenters. The Balaban J connectivity index is 2.13. The van der Waals surface area contributed by atoms with Gasteiger partial charge in [0.05, 0.1) is 12.5 Å². The van der Waals surface area contributed by atoms with Crippen molar-refractivity contribution in [2.24, 2.45) is 0 Å². The van der Waals surface area contributed by atoms with Crippen molar-refractivity contribution >= 4 is 0 Å². The van der Waals surface area contributed by atoms with E-state index in [4.69, 9.17) is 4.42 Å². The molecule has 0 spiro atoms. The van der Waals surface area contributed by atoms with Gasteiger partial charge in [0, 0.05) is 11.6 Å². The standard InChI is InChI=1S/C10H15NO/c1-8-6-12-7-9(8)10-4-2-3-5-11-10/h6-7,10-11H,2-5H2,1H3. The van der Waals surface area contributed by atoms with Gasteiger partial charge in [0.15, 0.2) is 0 Å². The smallest absolute Gasteiger partial charge is 0.0953 e. The third-order valence-corrected chi connectivity index (χ3v) is 2.58. The molecule has 2 rings (SSSR count). The summed E-state index contributed by atoms with van der Waals surface area (Å²) < 4.78 is 5.16. The van der Waals surface area contributed by atoms with Crippen LogP contribution in [0, 0.1) is 6.92 Å². The van der Waals surface area contributed by atoms with Crippen LogP contribution in [0.2, 0.25) is 0 Å². The first-order valence-electron chi connectivity index (χ1n) is 4.64. The highest BCUT2D eigenvalue weighted by molar-refractivity contribution is 5.23. The average molecular weight is 165 g/mol. The van der Waals surface area contributed by atoms with Crippen LogP contribution in [0.5, 0.6) is 0 Å². The highest BCUT2D eigenvalue weighted by Crippen LogP contribution is 2.25. The van der Waals surface area contributed by atoms with Gasteiger partial charge >= 0.3 is 0 Å². The highest BCUT2D eigenvalue weighted by atomic mass is 16.3. The summed E-state index contributed by atoms with van der Waals surface area (Å²) >= 11 is 0. The molecule has 0 aromatic carbocycles. The van der Waals surface area contributed by atoms with E-state index in [0.29, 0.717) is 6.04 Å². The van der Waals surface area contributed by atoms with Crippen molar-refractivity contribution in [2.45, 2.75) is 32.2 Å². The molecule has 2 heterocycles. The molecule has 1 aromatic heterocycles. The third-order valence-electron chi connectivity index (χ3n) is 2.58. The largest absolute Gasteiger partial charge is 0.472 e. The predicted octanol–water partition coefficient (Wildman–Crippen LogP) is 2.40. The van der Waals surface area contributed by atoms with E-state index >= 15 is 0 Å². The number of furan rings is 1. The van der Waals surface area contributed by atoms with Gasteiger partial charge in [-0.2, -0.15) is 0 Å². The lowest BCUT2D eigenvalue weighted by Gasteiger charge is -2.22. The summed E-state index contributed by atoms with van der Waals surface area (Å²) in [5.74, 6) is 0. The van der Waals surface area contributed by atoms with Crippen LogP contribution in [0.4, 0.5) is 0 Å². The molecule has 2 nitrogen and oxygen atoms in total. The molecule has 1 aliphatic heterocycles. The molecule has 12 heavy (non-hydrogen) atoms. The van der Waals surface area contributed by atoms with Crippen LogP contribution in [0.1, 0.15) is 36.4 Å². The molecular weight excluding hydrogens is 150 g/mol. The number of aryl methyl sites for hydroxylation is 1. The van der Waals surface area contributed by atoms with Crippen molar-refractivity contribution in [1.82, 2.24) is 5.32 Å². The zero-order chi connectivity index (χ0) is 8.39. The Morgan fingerprint density at radius 1 is 1.42 bits per heavy atom. The molecule has 1 aliphatic rings. The van der Waals surface area contributed by atoms with Crippen molar-refractivity contribution in [3.8, 4) is 0 Å². The van der Waals surface area contributed by atoms with E-state index in [1.807, 2.05) is 12.5 Å². The van der Waals surface area contributed by atoms with E-state index in [9.17, 15) is 0 Å². The zero-order valence-corrected chi connectivity index (χ0v) is 7.47. The monoisotopic (exact) mass is 165 g/mol. The molecule has 1 aromatic rings. The van der Waals surface area contributed by atoms with Crippen LogP contribution in [0.25, 0.3) is 0 Å². The first-order chi connectivity index (χ1) is 5.88. The van der Waals surface area contributed by atoms with Gasteiger partial charge in [-0.25, -0.2) is 0 Å². The Labute approximate surface area is 73.0 Å². The second-order valence-electron chi connectivity index (χ2n) is 3.51.